The molecule has 0 radical (unpaired) electrons. The molecule has 2 heterocycles. The fraction of sp³-hybridized carbons (Fsp3) is 0.500. The van der Waals surface area contributed by atoms with E-state index in [0.29, 0.717) is 25.0 Å². The van der Waals surface area contributed by atoms with Gasteiger partial charge in [0.15, 0.2) is 6.79 Å². The van der Waals surface area contributed by atoms with Crippen molar-refractivity contribution in [2.24, 2.45) is 0 Å². The lowest BCUT2D eigenvalue weighted by molar-refractivity contribution is -0.0225. The van der Waals surface area contributed by atoms with E-state index < -0.39 is 0 Å². The first kappa shape index (κ1) is 11.3. The van der Waals surface area contributed by atoms with Crippen LogP contribution in [0, 0.1) is 0 Å². The zero-order valence-corrected chi connectivity index (χ0v) is 10.1. The van der Waals surface area contributed by atoms with E-state index in [4.69, 9.17) is 25.8 Å². The van der Waals surface area contributed by atoms with Crippen molar-refractivity contribution in [3.8, 4) is 5.75 Å². The topological polar surface area (TPSA) is 39.7 Å². The lowest BCUT2D eigenvalue weighted by atomic mass is 10.0. The van der Waals surface area contributed by atoms with Crippen LogP contribution in [0.3, 0.4) is 0 Å². The molecule has 2 aliphatic rings. The van der Waals surface area contributed by atoms with Crippen LogP contribution in [0.4, 0.5) is 0 Å². The number of benzene rings is 1. The Bertz CT molecular complexity index is 418. The second-order valence-corrected chi connectivity index (χ2v) is 4.59. The molecule has 5 heteroatoms. The largest absolute Gasteiger partial charge is 0.467 e. The highest BCUT2D eigenvalue weighted by molar-refractivity contribution is 6.30. The molecule has 0 spiro atoms. The van der Waals surface area contributed by atoms with Gasteiger partial charge in [-0.2, -0.15) is 0 Å². The van der Waals surface area contributed by atoms with Crippen LogP contribution < -0.4 is 10.1 Å². The maximum Gasteiger partial charge on any atom is 0.189 e. The van der Waals surface area contributed by atoms with Crippen LogP contribution in [-0.2, 0) is 16.1 Å². The van der Waals surface area contributed by atoms with Crippen LogP contribution in [0.1, 0.15) is 17.2 Å². The molecular formula is C12H14ClNO3. The Labute approximate surface area is 105 Å². The van der Waals surface area contributed by atoms with E-state index in [0.717, 1.165) is 30.0 Å². The van der Waals surface area contributed by atoms with Crippen LogP contribution in [0.25, 0.3) is 0 Å². The van der Waals surface area contributed by atoms with Crippen molar-refractivity contribution < 1.29 is 14.2 Å². The molecule has 0 saturated carbocycles. The van der Waals surface area contributed by atoms with Crippen molar-refractivity contribution in [1.29, 1.82) is 0 Å². The monoisotopic (exact) mass is 255 g/mol. The van der Waals surface area contributed by atoms with Gasteiger partial charge in [-0.25, -0.2) is 0 Å². The molecule has 4 nitrogen and oxygen atoms in total. The highest BCUT2D eigenvalue weighted by Crippen LogP contribution is 2.36. The number of morpholine rings is 1. The van der Waals surface area contributed by atoms with Gasteiger partial charge in [-0.05, 0) is 12.1 Å². The maximum absolute atomic E-state index is 6.11. The maximum atomic E-state index is 6.11. The molecule has 0 aromatic heterocycles. The van der Waals surface area contributed by atoms with Crippen molar-refractivity contribution in [3.63, 3.8) is 0 Å². The van der Waals surface area contributed by atoms with Gasteiger partial charge in [0.25, 0.3) is 0 Å². The summed E-state index contributed by atoms with van der Waals surface area (Å²) in [6, 6.07) is 3.80. The first-order chi connectivity index (χ1) is 8.34. The summed E-state index contributed by atoms with van der Waals surface area (Å²) in [5.74, 6) is 0.870. The van der Waals surface area contributed by atoms with Crippen LogP contribution in [0.5, 0.6) is 5.75 Å². The number of fused-ring (bicyclic) bond motifs is 1. The normalized spacial score (nSPS) is 23.9. The van der Waals surface area contributed by atoms with Gasteiger partial charge >= 0.3 is 0 Å². The van der Waals surface area contributed by atoms with Gasteiger partial charge in [0, 0.05) is 29.2 Å². The first-order valence-corrected chi connectivity index (χ1v) is 6.07. The lowest BCUT2D eigenvalue weighted by Gasteiger charge is -2.28. The lowest BCUT2D eigenvalue weighted by Crippen LogP contribution is -2.34. The Kier molecular flexibility index (Phi) is 3.20. The summed E-state index contributed by atoms with van der Waals surface area (Å²) >= 11 is 6.11. The van der Waals surface area contributed by atoms with Gasteiger partial charge in [0.1, 0.15) is 5.75 Å². The second-order valence-electron chi connectivity index (χ2n) is 4.16. The Morgan fingerprint density at radius 1 is 1.35 bits per heavy atom. The molecule has 92 valence electrons. The molecule has 17 heavy (non-hydrogen) atoms. The highest BCUT2D eigenvalue weighted by Gasteiger charge is 2.24. The average molecular weight is 256 g/mol. The Morgan fingerprint density at radius 3 is 3.12 bits per heavy atom. The highest BCUT2D eigenvalue weighted by atomic mass is 35.5. The molecule has 3 rings (SSSR count). The summed E-state index contributed by atoms with van der Waals surface area (Å²) in [5, 5.41) is 4.00. The molecule has 1 atom stereocenters. The molecule has 0 bridgehead atoms. The van der Waals surface area contributed by atoms with Crippen molar-refractivity contribution in [2.45, 2.75) is 12.7 Å². The van der Waals surface area contributed by atoms with Crippen molar-refractivity contribution in [3.05, 3.63) is 28.3 Å². The molecule has 1 fully saturated rings. The molecule has 1 unspecified atom stereocenters. The van der Waals surface area contributed by atoms with Crippen molar-refractivity contribution in [1.82, 2.24) is 5.32 Å². The SMILES string of the molecule is Clc1cc2c(c(C3CNCCO3)c1)OCOC2. The summed E-state index contributed by atoms with van der Waals surface area (Å²) in [5.41, 5.74) is 2.01. The Morgan fingerprint density at radius 2 is 2.29 bits per heavy atom. The Balaban J connectivity index is 1.98. The number of hydrogen-bond donors (Lipinski definition) is 1. The third-order valence-electron chi connectivity index (χ3n) is 2.98. The third-order valence-corrected chi connectivity index (χ3v) is 3.20. The molecule has 0 aliphatic carbocycles. The molecule has 2 aliphatic heterocycles. The summed E-state index contributed by atoms with van der Waals surface area (Å²) in [4.78, 5) is 0. The Hall–Kier alpha value is -0.810. The molecule has 0 amide bonds. The molecule has 1 aromatic carbocycles. The van der Waals surface area contributed by atoms with E-state index in [2.05, 4.69) is 5.32 Å². The van der Waals surface area contributed by atoms with Gasteiger partial charge in [-0.3, -0.25) is 0 Å². The summed E-state index contributed by atoms with van der Waals surface area (Å²) in [7, 11) is 0. The smallest absolute Gasteiger partial charge is 0.189 e. The number of rotatable bonds is 1. The van der Waals surface area contributed by atoms with E-state index >= 15 is 0 Å². The van der Waals surface area contributed by atoms with Crippen LogP contribution >= 0.6 is 11.6 Å². The van der Waals surface area contributed by atoms with E-state index in [9.17, 15) is 0 Å². The fourth-order valence-corrected chi connectivity index (χ4v) is 2.46. The van der Waals surface area contributed by atoms with E-state index in [1.54, 1.807) is 0 Å². The standard InChI is InChI=1S/C12H14ClNO3/c13-9-3-8-6-15-7-17-12(8)10(4-9)11-5-14-1-2-16-11/h3-4,11,14H,1-2,5-7H2. The van der Waals surface area contributed by atoms with Gasteiger partial charge in [-0.15, -0.1) is 0 Å². The fourth-order valence-electron chi connectivity index (χ4n) is 2.21. The number of hydrogen-bond acceptors (Lipinski definition) is 4. The van der Waals surface area contributed by atoms with Gasteiger partial charge in [0.2, 0.25) is 0 Å². The quantitative estimate of drug-likeness (QED) is 0.832. The molecule has 1 N–H and O–H groups in total. The minimum absolute atomic E-state index is 0.00861. The summed E-state index contributed by atoms with van der Waals surface area (Å²) in [6.45, 7) is 3.23. The molecule has 1 saturated heterocycles. The van der Waals surface area contributed by atoms with E-state index in [-0.39, 0.29) is 6.10 Å². The first-order valence-electron chi connectivity index (χ1n) is 5.70. The van der Waals surface area contributed by atoms with Crippen LogP contribution in [-0.4, -0.2) is 26.5 Å². The minimum atomic E-state index is 0.00861. The third kappa shape index (κ3) is 2.26. The predicted molar refractivity (Wildman–Crippen MR) is 63.3 cm³/mol. The second kappa shape index (κ2) is 4.82. The minimum Gasteiger partial charge on any atom is -0.467 e. The zero-order valence-electron chi connectivity index (χ0n) is 9.37. The van der Waals surface area contributed by atoms with Gasteiger partial charge < -0.3 is 19.5 Å². The van der Waals surface area contributed by atoms with E-state index in [1.165, 1.54) is 0 Å². The van der Waals surface area contributed by atoms with Crippen LogP contribution in [0.15, 0.2) is 12.1 Å². The van der Waals surface area contributed by atoms with Gasteiger partial charge in [0.05, 0.1) is 19.3 Å². The summed E-state index contributed by atoms with van der Waals surface area (Å²) in [6.07, 6.45) is 0.00861. The molecule has 1 aromatic rings. The van der Waals surface area contributed by atoms with Crippen LogP contribution in [0.2, 0.25) is 5.02 Å². The average Bonchev–Trinajstić information content (AvgIpc) is 2.39. The van der Waals surface area contributed by atoms with Crippen molar-refractivity contribution in [2.75, 3.05) is 26.5 Å². The molecular weight excluding hydrogens is 242 g/mol. The number of ether oxygens (including phenoxy) is 3. The summed E-state index contributed by atoms with van der Waals surface area (Å²) < 4.78 is 16.6. The number of nitrogens with one attached hydrogen (secondary N) is 1. The van der Waals surface area contributed by atoms with Gasteiger partial charge in [-0.1, -0.05) is 11.6 Å². The van der Waals surface area contributed by atoms with Crippen molar-refractivity contribution >= 4 is 11.6 Å². The van der Waals surface area contributed by atoms with E-state index in [1.807, 2.05) is 12.1 Å². The predicted octanol–water partition coefficient (Wildman–Crippen LogP) is 1.87. The number of halogens is 1. The zero-order chi connectivity index (χ0) is 11.7.